The van der Waals surface area contributed by atoms with Gasteiger partial charge >= 0.3 is 0 Å². The monoisotopic (exact) mass is 120 g/mol. The van der Waals surface area contributed by atoms with Crippen molar-refractivity contribution in [2.24, 2.45) is 0 Å². The van der Waals surface area contributed by atoms with Crippen LogP contribution in [-0.4, -0.2) is 6.61 Å². The van der Waals surface area contributed by atoms with E-state index in [1.807, 2.05) is 13.0 Å². The quantitative estimate of drug-likeness (QED) is 0.577. The van der Waals surface area contributed by atoms with Gasteiger partial charge < -0.3 is 4.74 Å². The van der Waals surface area contributed by atoms with E-state index >= 15 is 0 Å². The smallest absolute Gasteiger partial charge is 0.119 e. The van der Waals surface area contributed by atoms with Crippen LogP contribution in [-0.2, 0) is 0 Å². The largest absolute Gasteiger partial charge is 0.494 e. The Bertz CT molecular complexity index is 157. The molecule has 0 unspecified atom stereocenters. The molecule has 2 radical (unpaired) electrons. The molecule has 46 valence electrons. The average molecular weight is 120 g/mol. The Kier molecular flexibility index (Phi) is 2.13. The van der Waals surface area contributed by atoms with Crippen molar-refractivity contribution in [1.29, 1.82) is 0 Å². The molecule has 0 aliphatic rings. The van der Waals surface area contributed by atoms with E-state index in [9.17, 15) is 0 Å². The Hall–Kier alpha value is -0.980. The van der Waals surface area contributed by atoms with Crippen molar-refractivity contribution >= 4 is 0 Å². The Balaban J connectivity index is 2.61. The van der Waals surface area contributed by atoms with E-state index in [1.165, 1.54) is 0 Å². The summed E-state index contributed by atoms with van der Waals surface area (Å²) < 4.78 is 5.15. The fraction of sp³-hybridized carbons (Fsp3) is 0.250. The molecule has 1 rings (SSSR count). The van der Waals surface area contributed by atoms with Crippen LogP contribution in [0.5, 0.6) is 5.75 Å². The molecule has 1 aromatic rings. The Morgan fingerprint density at radius 3 is 3.00 bits per heavy atom. The van der Waals surface area contributed by atoms with Gasteiger partial charge in [0, 0.05) is 0 Å². The molecule has 1 aromatic carbocycles. The highest BCUT2D eigenvalue weighted by molar-refractivity contribution is 5.19. The molecule has 0 bridgehead atoms. The second kappa shape index (κ2) is 3.13. The Morgan fingerprint density at radius 1 is 1.56 bits per heavy atom. The minimum atomic E-state index is 0.706. The summed E-state index contributed by atoms with van der Waals surface area (Å²) in [6, 6.07) is 11.0. The summed E-state index contributed by atoms with van der Waals surface area (Å²) in [6.45, 7) is 2.66. The lowest BCUT2D eigenvalue weighted by molar-refractivity contribution is 0.340. The maximum Gasteiger partial charge on any atom is 0.119 e. The summed E-state index contributed by atoms with van der Waals surface area (Å²) >= 11 is 0. The molecule has 1 nitrogen and oxygen atoms in total. The first kappa shape index (κ1) is 6.14. The molecule has 0 saturated heterocycles. The highest BCUT2D eigenvalue weighted by Crippen LogP contribution is 2.06. The van der Waals surface area contributed by atoms with Crippen molar-refractivity contribution in [3.05, 3.63) is 30.3 Å². The van der Waals surface area contributed by atoms with Crippen molar-refractivity contribution in [1.82, 2.24) is 0 Å². The number of rotatable bonds is 2. The fourth-order valence-corrected chi connectivity index (χ4v) is 0.589. The highest BCUT2D eigenvalue weighted by Gasteiger charge is 1.84. The predicted octanol–water partition coefficient (Wildman–Crippen LogP) is 1.69. The lowest BCUT2D eigenvalue weighted by atomic mass is 10.3. The van der Waals surface area contributed by atoms with E-state index in [4.69, 9.17) is 4.74 Å². The van der Waals surface area contributed by atoms with Crippen LogP contribution in [0.3, 0.4) is 0 Å². The van der Waals surface area contributed by atoms with Crippen LogP contribution >= 0.6 is 0 Å². The molecule has 0 aliphatic heterocycles. The SMILES string of the molecule is CCOc1c[c][c]cc1. The van der Waals surface area contributed by atoms with Crippen molar-refractivity contribution in [3.8, 4) is 5.75 Å². The average Bonchev–Trinajstić information content (AvgIpc) is 1.91. The van der Waals surface area contributed by atoms with Gasteiger partial charge in [0.05, 0.1) is 6.61 Å². The molecule has 0 heterocycles. The van der Waals surface area contributed by atoms with E-state index in [0.29, 0.717) is 6.61 Å². The van der Waals surface area contributed by atoms with Gasteiger partial charge in [-0.1, -0.05) is 6.07 Å². The van der Waals surface area contributed by atoms with Gasteiger partial charge in [0.1, 0.15) is 5.75 Å². The van der Waals surface area contributed by atoms with E-state index in [1.54, 1.807) is 12.1 Å². The van der Waals surface area contributed by atoms with Crippen LogP contribution in [0, 0.1) is 12.1 Å². The zero-order valence-corrected chi connectivity index (χ0v) is 5.35. The van der Waals surface area contributed by atoms with Gasteiger partial charge in [-0.25, -0.2) is 0 Å². The summed E-state index contributed by atoms with van der Waals surface area (Å²) in [7, 11) is 0. The maximum atomic E-state index is 5.15. The minimum Gasteiger partial charge on any atom is -0.494 e. The molecule has 0 fully saturated rings. The first-order chi connectivity index (χ1) is 4.43. The van der Waals surface area contributed by atoms with Gasteiger partial charge in [-0.2, -0.15) is 0 Å². The van der Waals surface area contributed by atoms with Gasteiger partial charge in [0.2, 0.25) is 0 Å². The highest BCUT2D eigenvalue weighted by atomic mass is 16.5. The second-order valence-electron chi connectivity index (χ2n) is 1.60. The van der Waals surface area contributed by atoms with Crippen molar-refractivity contribution in [2.75, 3.05) is 6.61 Å². The lowest BCUT2D eigenvalue weighted by Gasteiger charge is -1.98. The zero-order valence-electron chi connectivity index (χ0n) is 5.35. The molecule has 0 amide bonds. The molecule has 0 saturated carbocycles. The summed E-state index contributed by atoms with van der Waals surface area (Å²) in [5.74, 6) is 0.858. The summed E-state index contributed by atoms with van der Waals surface area (Å²) in [6.07, 6.45) is 0. The molecular formula is C8H8O. The third kappa shape index (κ3) is 1.76. The van der Waals surface area contributed by atoms with Crippen molar-refractivity contribution in [3.63, 3.8) is 0 Å². The number of hydrogen-bond donors (Lipinski definition) is 0. The zero-order chi connectivity index (χ0) is 6.53. The summed E-state index contributed by atoms with van der Waals surface area (Å²) in [5.41, 5.74) is 0. The van der Waals surface area contributed by atoms with Crippen LogP contribution in [0.15, 0.2) is 18.2 Å². The third-order valence-electron chi connectivity index (χ3n) is 0.940. The standard InChI is InChI=1S/C8H8O/c1-2-9-8-6-4-3-5-7-8/h4,6-7H,2H2,1H3. The van der Waals surface area contributed by atoms with Crippen LogP contribution in [0.2, 0.25) is 0 Å². The normalized spacial score (nSPS) is 9.00. The van der Waals surface area contributed by atoms with E-state index in [2.05, 4.69) is 12.1 Å². The molecule has 1 heteroatoms. The Labute approximate surface area is 55.3 Å². The first-order valence-electron chi connectivity index (χ1n) is 2.94. The van der Waals surface area contributed by atoms with Crippen molar-refractivity contribution < 1.29 is 4.74 Å². The second-order valence-corrected chi connectivity index (χ2v) is 1.60. The van der Waals surface area contributed by atoms with Crippen LogP contribution in [0.25, 0.3) is 0 Å². The minimum absolute atomic E-state index is 0.706. The van der Waals surface area contributed by atoms with Gasteiger partial charge in [0.25, 0.3) is 0 Å². The fourth-order valence-electron chi connectivity index (χ4n) is 0.589. The van der Waals surface area contributed by atoms with E-state index in [-0.39, 0.29) is 0 Å². The molecular weight excluding hydrogens is 112 g/mol. The lowest BCUT2D eigenvalue weighted by Crippen LogP contribution is -1.89. The number of hydrogen-bond acceptors (Lipinski definition) is 1. The van der Waals surface area contributed by atoms with Crippen molar-refractivity contribution in [2.45, 2.75) is 6.92 Å². The topological polar surface area (TPSA) is 9.23 Å². The van der Waals surface area contributed by atoms with Crippen LogP contribution < -0.4 is 4.74 Å². The van der Waals surface area contributed by atoms with E-state index < -0.39 is 0 Å². The molecule has 0 aromatic heterocycles. The van der Waals surface area contributed by atoms with Crippen LogP contribution in [0.4, 0.5) is 0 Å². The van der Waals surface area contributed by atoms with Gasteiger partial charge in [0.15, 0.2) is 0 Å². The molecule has 0 aliphatic carbocycles. The summed E-state index contributed by atoms with van der Waals surface area (Å²) in [4.78, 5) is 0. The van der Waals surface area contributed by atoms with Gasteiger partial charge in [-0.15, -0.1) is 0 Å². The molecule has 0 spiro atoms. The van der Waals surface area contributed by atoms with Crippen LogP contribution in [0.1, 0.15) is 6.92 Å². The number of ether oxygens (including phenoxy) is 1. The molecule has 0 N–H and O–H groups in total. The Morgan fingerprint density at radius 2 is 2.44 bits per heavy atom. The van der Waals surface area contributed by atoms with E-state index in [0.717, 1.165) is 5.75 Å². The third-order valence-corrected chi connectivity index (χ3v) is 0.940. The first-order valence-corrected chi connectivity index (χ1v) is 2.94. The number of benzene rings is 1. The molecule has 0 atom stereocenters. The maximum absolute atomic E-state index is 5.15. The van der Waals surface area contributed by atoms with Gasteiger partial charge in [-0.05, 0) is 31.2 Å². The summed E-state index contributed by atoms with van der Waals surface area (Å²) in [5, 5.41) is 0. The van der Waals surface area contributed by atoms with Gasteiger partial charge in [-0.3, -0.25) is 0 Å². The molecule has 9 heavy (non-hydrogen) atoms. The predicted molar refractivity (Wildman–Crippen MR) is 35.3 cm³/mol.